The van der Waals surface area contributed by atoms with E-state index in [1.807, 2.05) is 6.07 Å². The molecule has 0 aliphatic heterocycles. The second-order valence-corrected chi connectivity index (χ2v) is 4.93. The van der Waals surface area contributed by atoms with Gasteiger partial charge >= 0.3 is 0 Å². The maximum atomic E-state index is 5.88. The molecule has 2 aromatic rings. The van der Waals surface area contributed by atoms with Crippen LogP contribution >= 0.6 is 0 Å². The predicted molar refractivity (Wildman–Crippen MR) is 70.0 cm³/mol. The molecule has 0 saturated heterocycles. The van der Waals surface area contributed by atoms with E-state index in [9.17, 15) is 0 Å². The number of fused-ring (bicyclic) bond motifs is 1. The van der Waals surface area contributed by atoms with E-state index < -0.39 is 0 Å². The third kappa shape index (κ3) is 2.22. The molecule has 0 amide bonds. The Kier molecular flexibility index (Phi) is 2.89. The molecular formula is C15H19NO. The van der Waals surface area contributed by atoms with Crippen LogP contribution in [-0.2, 0) is 13.0 Å². The van der Waals surface area contributed by atoms with Crippen molar-refractivity contribution in [3.63, 3.8) is 0 Å². The minimum absolute atomic E-state index is 0.929. The highest BCUT2D eigenvalue weighted by Gasteiger charge is 2.21. The summed E-state index contributed by atoms with van der Waals surface area (Å²) in [5, 5.41) is 4.83. The zero-order valence-corrected chi connectivity index (χ0v) is 10.3. The maximum absolute atomic E-state index is 5.88. The number of hydrogen-bond acceptors (Lipinski definition) is 2. The Morgan fingerprint density at radius 1 is 1.29 bits per heavy atom. The Balaban J connectivity index is 1.83. The molecule has 2 heteroatoms. The Morgan fingerprint density at radius 3 is 2.88 bits per heavy atom. The molecule has 90 valence electrons. The molecule has 1 saturated carbocycles. The van der Waals surface area contributed by atoms with Gasteiger partial charge in [0.1, 0.15) is 11.3 Å². The Morgan fingerprint density at radius 2 is 2.12 bits per heavy atom. The first-order valence-corrected chi connectivity index (χ1v) is 6.58. The fourth-order valence-corrected chi connectivity index (χ4v) is 2.35. The van der Waals surface area contributed by atoms with Crippen LogP contribution in [-0.4, -0.2) is 6.54 Å². The number of aryl methyl sites for hydroxylation is 1. The van der Waals surface area contributed by atoms with E-state index in [4.69, 9.17) is 4.42 Å². The fourth-order valence-electron chi connectivity index (χ4n) is 2.35. The topological polar surface area (TPSA) is 25.2 Å². The second-order valence-electron chi connectivity index (χ2n) is 4.93. The lowest BCUT2D eigenvalue weighted by molar-refractivity contribution is 0.542. The highest BCUT2D eigenvalue weighted by Crippen LogP contribution is 2.29. The van der Waals surface area contributed by atoms with E-state index in [-0.39, 0.29) is 0 Å². The van der Waals surface area contributed by atoms with Crippen LogP contribution in [0, 0.1) is 5.92 Å². The van der Waals surface area contributed by atoms with E-state index >= 15 is 0 Å². The first kappa shape index (κ1) is 10.8. The molecule has 1 aliphatic carbocycles. The van der Waals surface area contributed by atoms with Crippen molar-refractivity contribution < 1.29 is 4.42 Å². The highest BCUT2D eigenvalue weighted by atomic mass is 16.3. The van der Waals surface area contributed by atoms with Crippen molar-refractivity contribution in [2.24, 2.45) is 5.92 Å². The van der Waals surface area contributed by atoms with Crippen molar-refractivity contribution >= 4 is 11.0 Å². The van der Waals surface area contributed by atoms with E-state index in [2.05, 4.69) is 30.4 Å². The van der Waals surface area contributed by atoms with Crippen molar-refractivity contribution in [1.29, 1.82) is 0 Å². The first-order chi connectivity index (χ1) is 8.38. The van der Waals surface area contributed by atoms with Gasteiger partial charge in [-0.15, -0.1) is 0 Å². The Labute approximate surface area is 102 Å². The van der Waals surface area contributed by atoms with Crippen LogP contribution in [0.3, 0.4) is 0 Å². The number of nitrogens with one attached hydrogen (secondary N) is 1. The smallest absolute Gasteiger partial charge is 0.134 e. The van der Waals surface area contributed by atoms with Gasteiger partial charge in [0.15, 0.2) is 0 Å². The molecular weight excluding hydrogens is 210 g/mol. The van der Waals surface area contributed by atoms with Gasteiger partial charge in [-0.1, -0.05) is 25.1 Å². The SMILES string of the molecule is CCc1oc2ccccc2c1CNCC1CC1. The van der Waals surface area contributed by atoms with Gasteiger partial charge in [-0.05, 0) is 31.4 Å². The number of furan rings is 1. The van der Waals surface area contributed by atoms with E-state index in [0.29, 0.717) is 0 Å². The highest BCUT2D eigenvalue weighted by molar-refractivity contribution is 5.82. The summed E-state index contributed by atoms with van der Waals surface area (Å²) in [5.74, 6) is 2.06. The average molecular weight is 229 g/mol. The summed E-state index contributed by atoms with van der Waals surface area (Å²) >= 11 is 0. The molecule has 1 aliphatic rings. The Bertz CT molecular complexity index is 511. The normalized spacial score (nSPS) is 15.6. The van der Waals surface area contributed by atoms with Gasteiger partial charge in [0.05, 0.1) is 0 Å². The third-order valence-electron chi connectivity index (χ3n) is 3.53. The molecule has 0 unspecified atom stereocenters. The zero-order valence-electron chi connectivity index (χ0n) is 10.3. The monoisotopic (exact) mass is 229 g/mol. The number of benzene rings is 1. The van der Waals surface area contributed by atoms with Gasteiger partial charge in [0.2, 0.25) is 0 Å². The molecule has 0 spiro atoms. The van der Waals surface area contributed by atoms with Crippen molar-refractivity contribution in [1.82, 2.24) is 5.32 Å². The van der Waals surface area contributed by atoms with Crippen LogP contribution in [0.1, 0.15) is 31.1 Å². The summed E-state index contributed by atoms with van der Waals surface area (Å²) in [5.41, 5.74) is 2.37. The lowest BCUT2D eigenvalue weighted by atomic mass is 10.1. The van der Waals surface area contributed by atoms with Gasteiger partial charge in [0, 0.05) is 23.9 Å². The molecule has 2 nitrogen and oxygen atoms in total. The van der Waals surface area contributed by atoms with Gasteiger partial charge in [-0.25, -0.2) is 0 Å². The second kappa shape index (κ2) is 4.53. The summed E-state index contributed by atoms with van der Waals surface area (Å²) in [4.78, 5) is 0. The third-order valence-corrected chi connectivity index (χ3v) is 3.53. The molecule has 1 heterocycles. The van der Waals surface area contributed by atoms with Gasteiger partial charge < -0.3 is 9.73 Å². The molecule has 1 aromatic carbocycles. The summed E-state index contributed by atoms with van der Waals surface area (Å²) in [6.07, 6.45) is 3.77. The molecule has 0 radical (unpaired) electrons. The summed E-state index contributed by atoms with van der Waals surface area (Å²) < 4.78 is 5.88. The van der Waals surface area contributed by atoms with E-state index in [1.165, 1.54) is 23.8 Å². The minimum Gasteiger partial charge on any atom is -0.461 e. The Hall–Kier alpha value is -1.28. The summed E-state index contributed by atoms with van der Waals surface area (Å²) in [7, 11) is 0. The molecule has 1 fully saturated rings. The van der Waals surface area contributed by atoms with Gasteiger partial charge in [-0.2, -0.15) is 0 Å². The first-order valence-electron chi connectivity index (χ1n) is 6.58. The van der Waals surface area contributed by atoms with Crippen molar-refractivity contribution in [2.75, 3.05) is 6.54 Å². The summed E-state index contributed by atoms with van der Waals surface area (Å²) in [6.45, 7) is 4.25. The molecule has 0 bridgehead atoms. The van der Waals surface area contributed by atoms with Crippen LogP contribution in [0.25, 0.3) is 11.0 Å². The standard InChI is InChI=1S/C15H19NO/c1-2-14-13(10-16-9-11-7-8-11)12-5-3-4-6-15(12)17-14/h3-6,11,16H,2,7-10H2,1H3. The van der Waals surface area contributed by atoms with Crippen molar-refractivity contribution in [3.05, 3.63) is 35.6 Å². The molecule has 0 atom stereocenters. The van der Waals surface area contributed by atoms with Crippen LogP contribution in [0.5, 0.6) is 0 Å². The zero-order chi connectivity index (χ0) is 11.7. The summed E-state index contributed by atoms with van der Waals surface area (Å²) in [6, 6.07) is 8.33. The largest absolute Gasteiger partial charge is 0.461 e. The molecule has 17 heavy (non-hydrogen) atoms. The van der Waals surface area contributed by atoms with Crippen LogP contribution in [0.15, 0.2) is 28.7 Å². The maximum Gasteiger partial charge on any atom is 0.134 e. The lowest BCUT2D eigenvalue weighted by Crippen LogP contribution is -2.16. The fraction of sp³-hybridized carbons (Fsp3) is 0.467. The lowest BCUT2D eigenvalue weighted by Gasteiger charge is -2.03. The number of para-hydroxylation sites is 1. The van der Waals surface area contributed by atoms with Gasteiger partial charge in [-0.3, -0.25) is 0 Å². The molecule has 1 aromatic heterocycles. The number of rotatable bonds is 5. The van der Waals surface area contributed by atoms with E-state index in [0.717, 1.165) is 36.8 Å². The van der Waals surface area contributed by atoms with Crippen molar-refractivity contribution in [3.8, 4) is 0 Å². The van der Waals surface area contributed by atoms with Crippen molar-refractivity contribution in [2.45, 2.75) is 32.7 Å². The average Bonchev–Trinajstić information content (AvgIpc) is 3.11. The quantitative estimate of drug-likeness (QED) is 0.849. The predicted octanol–water partition coefficient (Wildman–Crippen LogP) is 3.49. The number of hydrogen-bond donors (Lipinski definition) is 1. The minimum atomic E-state index is 0.929. The molecule has 3 rings (SSSR count). The van der Waals surface area contributed by atoms with E-state index in [1.54, 1.807) is 0 Å². The van der Waals surface area contributed by atoms with Crippen LogP contribution in [0.4, 0.5) is 0 Å². The van der Waals surface area contributed by atoms with Gasteiger partial charge in [0.25, 0.3) is 0 Å². The van der Waals surface area contributed by atoms with Crippen LogP contribution < -0.4 is 5.32 Å². The molecule has 1 N–H and O–H groups in total. The van der Waals surface area contributed by atoms with Crippen LogP contribution in [0.2, 0.25) is 0 Å².